The number of benzene rings is 2. The molecule has 0 fully saturated rings. The Morgan fingerprint density at radius 3 is 2.08 bits per heavy atom. The van der Waals surface area contributed by atoms with E-state index in [0.29, 0.717) is 3.57 Å². The quantitative estimate of drug-likeness (QED) is 0.432. The van der Waals surface area contributed by atoms with Crippen molar-refractivity contribution in [1.82, 2.24) is 0 Å². The smallest absolute Gasteiger partial charge is 0.406 e. The maximum Gasteiger partial charge on any atom is 0.573 e. The second kappa shape index (κ2) is 6.03. The van der Waals surface area contributed by atoms with E-state index in [-0.39, 0.29) is 21.3 Å². The molecular formula is C15H6BrF3INO3. The number of fused-ring (bicyclic) bond motifs is 1. The van der Waals surface area contributed by atoms with Crippen molar-refractivity contribution in [1.29, 1.82) is 0 Å². The Kier molecular flexibility index (Phi) is 4.32. The number of rotatable bonds is 2. The van der Waals surface area contributed by atoms with Crippen LogP contribution in [-0.2, 0) is 0 Å². The van der Waals surface area contributed by atoms with Gasteiger partial charge in [0.25, 0.3) is 11.8 Å². The second-order valence-corrected chi connectivity index (χ2v) is 6.71. The van der Waals surface area contributed by atoms with E-state index in [0.717, 1.165) is 17.0 Å². The lowest BCUT2D eigenvalue weighted by atomic mass is 10.1. The van der Waals surface area contributed by atoms with Crippen molar-refractivity contribution in [2.75, 3.05) is 4.90 Å². The predicted octanol–water partition coefficient (Wildman–Crippen LogP) is 4.75. The number of nitrogens with zero attached hydrogens (tertiary/aromatic N) is 1. The van der Waals surface area contributed by atoms with E-state index in [1.807, 2.05) is 22.6 Å². The van der Waals surface area contributed by atoms with Crippen LogP contribution in [0.3, 0.4) is 0 Å². The van der Waals surface area contributed by atoms with Gasteiger partial charge in [-0.15, -0.1) is 13.2 Å². The zero-order valence-electron chi connectivity index (χ0n) is 11.5. The molecule has 4 nitrogen and oxygen atoms in total. The Morgan fingerprint density at radius 1 is 1.04 bits per heavy atom. The highest BCUT2D eigenvalue weighted by Crippen LogP contribution is 2.39. The number of carbonyl (C=O) groups excluding carboxylic acids is 2. The van der Waals surface area contributed by atoms with Crippen LogP contribution in [-0.4, -0.2) is 18.2 Å². The van der Waals surface area contributed by atoms with Crippen molar-refractivity contribution in [2.24, 2.45) is 0 Å². The number of halogens is 5. The molecule has 0 unspecified atom stereocenters. The third-order valence-electron chi connectivity index (χ3n) is 3.25. The molecule has 2 aromatic rings. The highest BCUT2D eigenvalue weighted by atomic mass is 127. The van der Waals surface area contributed by atoms with Crippen LogP contribution in [0.5, 0.6) is 5.75 Å². The van der Waals surface area contributed by atoms with Gasteiger partial charge in [-0.05, 0) is 56.7 Å². The normalized spacial score (nSPS) is 14.1. The lowest BCUT2D eigenvalue weighted by Crippen LogP contribution is -2.30. The van der Waals surface area contributed by atoms with Gasteiger partial charge in [-0.25, -0.2) is 4.90 Å². The van der Waals surface area contributed by atoms with Crippen molar-refractivity contribution in [3.63, 3.8) is 0 Å². The monoisotopic (exact) mass is 511 g/mol. The molecule has 9 heteroatoms. The van der Waals surface area contributed by atoms with Crippen LogP contribution in [0.2, 0.25) is 0 Å². The molecule has 0 bridgehead atoms. The van der Waals surface area contributed by atoms with Gasteiger partial charge in [0.05, 0.1) is 20.4 Å². The minimum atomic E-state index is -4.88. The van der Waals surface area contributed by atoms with Crippen LogP contribution in [0, 0.1) is 3.57 Å². The average molecular weight is 512 g/mol. The predicted molar refractivity (Wildman–Crippen MR) is 91.1 cm³/mol. The van der Waals surface area contributed by atoms with E-state index in [1.54, 1.807) is 12.1 Å². The van der Waals surface area contributed by atoms with Crippen LogP contribution in [0.1, 0.15) is 20.7 Å². The highest BCUT2D eigenvalue weighted by Gasteiger charge is 2.38. The minimum absolute atomic E-state index is 0.0235. The molecule has 2 amide bonds. The summed E-state index contributed by atoms with van der Waals surface area (Å²) in [6.45, 7) is 0. The zero-order valence-corrected chi connectivity index (χ0v) is 15.3. The van der Waals surface area contributed by atoms with E-state index in [4.69, 9.17) is 0 Å². The molecule has 0 saturated carbocycles. The summed E-state index contributed by atoms with van der Waals surface area (Å²) in [6, 6.07) is 8.34. The summed E-state index contributed by atoms with van der Waals surface area (Å²) in [5.74, 6) is -1.71. The number of hydrogen-bond acceptors (Lipinski definition) is 3. The molecule has 1 heterocycles. The fourth-order valence-corrected chi connectivity index (χ4v) is 3.30. The molecule has 24 heavy (non-hydrogen) atoms. The van der Waals surface area contributed by atoms with E-state index >= 15 is 0 Å². The summed E-state index contributed by atoms with van der Waals surface area (Å²) in [4.78, 5) is 25.8. The summed E-state index contributed by atoms with van der Waals surface area (Å²) in [7, 11) is 0. The molecule has 124 valence electrons. The number of imide groups is 1. The molecule has 3 rings (SSSR count). The van der Waals surface area contributed by atoms with Crippen molar-refractivity contribution in [2.45, 2.75) is 6.36 Å². The Labute approximate surface area is 155 Å². The fourth-order valence-electron chi connectivity index (χ4n) is 2.31. The van der Waals surface area contributed by atoms with Gasteiger partial charge in [0.1, 0.15) is 5.75 Å². The van der Waals surface area contributed by atoms with Crippen LogP contribution in [0.15, 0.2) is 40.9 Å². The van der Waals surface area contributed by atoms with Crippen molar-refractivity contribution in [3.8, 4) is 5.75 Å². The first-order chi connectivity index (χ1) is 11.2. The van der Waals surface area contributed by atoms with Gasteiger partial charge < -0.3 is 4.74 Å². The average Bonchev–Trinajstić information content (AvgIpc) is 2.74. The van der Waals surface area contributed by atoms with E-state index < -0.39 is 23.9 Å². The van der Waals surface area contributed by atoms with Crippen LogP contribution >= 0.6 is 38.5 Å². The molecule has 0 radical (unpaired) electrons. The first kappa shape index (κ1) is 17.2. The molecule has 0 spiro atoms. The standard InChI is InChI=1S/C15H6BrF3INO3/c16-10-5-7(24-15(17,18)19)6-11(12(10)20)21-13(22)8-3-1-2-4-9(8)14(21)23/h1-6H. The SMILES string of the molecule is O=C1c2ccccc2C(=O)N1c1cc(OC(F)(F)F)cc(Br)c1I. The van der Waals surface area contributed by atoms with E-state index in [1.165, 1.54) is 12.1 Å². The summed E-state index contributed by atoms with van der Waals surface area (Å²) in [6.07, 6.45) is -4.88. The largest absolute Gasteiger partial charge is 0.573 e. The van der Waals surface area contributed by atoms with Crippen molar-refractivity contribution in [3.05, 3.63) is 55.6 Å². The van der Waals surface area contributed by atoms with Crippen LogP contribution in [0.4, 0.5) is 18.9 Å². The lowest BCUT2D eigenvalue weighted by molar-refractivity contribution is -0.274. The Bertz CT molecular complexity index is 835. The molecular weight excluding hydrogens is 506 g/mol. The maximum atomic E-state index is 12.5. The van der Waals surface area contributed by atoms with Crippen molar-refractivity contribution >= 4 is 56.0 Å². The maximum absolute atomic E-state index is 12.5. The van der Waals surface area contributed by atoms with Gasteiger partial charge in [0.2, 0.25) is 0 Å². The third kappa shape index (κ3) is 3.02. The Balaban J connectivity index is 2.10. The molecule has 0 saturated heterocycles. The van der Waals surface area contributed by atoms with E-state index in [2.05, 4.69) is 20.7 Å². The number of anilines is 1. The number of ether oxygens (including phenoxy) is 1. The van der Waals surface area contributed by atoms with Gasteiger partial charge in [0.15, 0.2) is 0 Å². The lowest BCUT2D eigenvalue weighted by Gasteiger charge is -2.19. The molecule has 0 aliphatic carbocycles. The highest BCUT2D eigenvalue weighted by molar-refractivity contribution is 14.1. The molecule has 1 aliphatic heterocycles. The van der Waals surface area contributed by atoms with E-state index in [9.17, 15) is 22.8 Å². The van der Waals surface area contributed by atoms with Gasteiger partial charge in [0, 0.05) is 10.5 Å². The fraction of sp³-hybridized carbons (Fsp3) is 0.0667. The first-order valence-electron chi connectivity index (χ1n) is 6.41. The first-order valence-corrected chi connectivity index (χ1v) is 8.29. The second-order valence-electron chi connectivity index (χ2n) is 4.78. The summed E-state index contributed by atoms with van der Waals surface area (Å²) in [5.41, 5.74) is 0.434. The Hall–Kier alpha value is -1.62. The number of amides is 2. The molecule has 1 aliphatic rings. The minimum Gasteiger partial charge on any atom is -0.406 e. The summed E-state index contributed by atoms with van der Waals surface area (Å²) < 4.78 is 42.0. The van der Waals surface area contributed by atoms with Gasteiger partial charge in [-0.3, -0.25) is 9.59 Å². The van der Waals surface area contributed by atoms with Crippen LogP contribution < -0.4 is 9.64 Å². The molecule has 2 aromatic carbocycles. The number of hydrogen-bond donors (Lipinski definition) is 0. The van der Waals surface area contributed by atoms with Gasteiger partial charge in [-0.2, -0.15) is 0 Å². The molecule has 0 aromatic heterocycles. The summed E-state index contributed by atoms with van der Waals surface area (Å²) in [5, 5.41) is 0. The Morgan fingerprint density at radius 2 is 1.58 bits per heavy atom. The summed E-state index contributed by atoms with van der Waals surface area (Å²) >= 11 is 4.96. The molecule has 0 atom stereocenters. The van der Waals surface area contributed by atoms with Crippen LogP contribution in [0.25, 0.3) is 0 Å². The number of carbonyl (C=O) groups is 2. The van der Waals surface area contributed by atoms with Gasteiger partial charge in [-0.1, -0.05) is 12.1 Å². The zero-order chi connectivity index (χ0) is 17.6. The number of alkyl halides is 3. The van der Waals surface area contributed by atoms with Crippen molar-refractivity contribution < 1.29 is 27.5 Å². The third-order valence-corrected chi connectivity index (χ3v) is 5.75. The van der Waals surface area contributed by atoms with Gasteiger partial charge >= 0.3 is 6.36 Å². The molecule has 0 N–H and O–H groups in total. The topological polar surface area (TPSA) is 46.6 Å².